The summed E-state index contributed by atoms with van der Waals surface area (Å²) < 4.78 is 1.01. The van der Waals surface area contributed by atoms with E-state index in [1.807, 2.05) is 35.8 Å². The molecule has 250 valence electrons. The second kappa shape index (κ2) is 13.6. The zero-order valence-electron chi connectivity index (χ0n) is 26.8. The minimum atomic E-state index is -1.49. The Bertz CT molecular complexity index is 2450. The second-order valence-corrected chi connectivity index (χ2v) is 17.5. The number of nitrogens with zero attached hydrogens (tertiary/aromatic N) is 1. The van der Waals surface area contributed by atoms with E-state index in [4.69, 9.17) is 0 Å². The summed E-state index contributed by atoms with van der Waals surface area (Å²) in [5, 5.41) is 0. The van der Waals surface area contributed by atoms with Crippen molar-refractivity contribution in [1.29, 1.82) is 0 Å². The van der Waals surface area contributed by atoms with Crippen LogP contribution >= 0.6 is 56.0 Å². The summed E-state index contributed by atoms with van der Waals surface area (Å²) in [7, 11) is 2.46. The molecule has 2 aromatic heterocycles. The van der Waals surface area contributed by atoms with E-state index in [1.54, 1.807) is 97.1 Å². The van der Waals surface area contributed by atoms with Crippen LogP contribution in [-0.2, 0) is 10.6 Å². The number of rotatable bonds is 9. The lowest BCUT2D eigenvalue weighted by Gasteiger charge is -2.37. The van der Waals surface area contributed by atoms with E-state index in [-0.39, 0.29) is 42.4 Å². The van der Waals surface area contributed by atoms with Crippen LogP contribution < -0.4 is 4.74 Å². The van der Waals surface area contributed by atoms with Gasteiger partial charge in [0, 0.05) is 28.8 Å². The van der Waals surface area contributed by atoms with Gasteiger partial charge in [-0.25, -0.2) is 0 Å². The average molecular weight is 760 g/mol. The number of aryl methyl sites for hydroxylation is 1. The quantitative estimate of drug-likeness (QED) is 0.106. The molecule has 11 heteroatoms. The summed E-state index contributed by atoms with van der Waals surface area (Å²) in [4.78, 5) is 73.7. The number of allylic oxidation sites excluding steroid dienone is 3. The predicted octanol–water partition coefficient (Wildman–Crippen LogP) is 9.88. The van der Waals surface area contributed by atoms with Crippen LogP contribution in [0.5, 0.6) is 0 Å². The molecule has 0 amide bonds. The Morgan fingerprint density at radius 3 is 1.41 bits per heavy atom. The Hall–Kier alpha value is -4.52. The first-order valence-corrected chi connectivity index (χ1v) is 20.5. The summed E-state index contributed by atoms with van der Waals surface area (Å²) in [5.41, 5.74) is 2.80. The Morgan fingerprint density at radius 1 is 0.569 bits per heavy atom. The molecule has 6 nitrogen and oxygen atoms in total. The van der Waals surface area contributed by atoms with Crippen LogP contribution in [0.3, 0.4) is 0 Å². The number of ketones is 4. The van der Waals surface area contributed by atoms with E-state index in [2.05, 4.69) is 0 Å². The fourth-order valence-corrected chi connectivity index (χ4v) is 14.0. The predicted molar refractivity (Wildman–Crippen MR) is 209 cm³/mol. The number of hydrogen-bond acceptors (Lipinski definition) is 10. The van der Waals surface area contributed by atoms with Gasteiger partial charge in [-0.2, -0.15) is 0 Å². The van der Waals surface area contributed by atoms with Crippen LogP contribution in [0.25, 0.3) is 10.2 Å². The molecule has 0 bridgehead atoms. The summed E-state index contributed by atoms with van der Waals surface area (Å²) in [5.74, 6) is -1.49. The molecule has 51 heavy (non-hydrogen) atoms. The smallest absolute Gasteiger partial charge is 0.267 e. The van der Waals surface area contributed by atoms with Gasteiger partial charge in [0.25, 0.3) is 4.74 Å². The highest BCUT2D eigenvalue weighted by Gasteiger charge is 2.58. The van der Waals surface area contributed by atoms with Crippen LogP contribution in [-0.4, -0.2) is 27.7 Å². The van der Waals surface area contributed by atoms with E-state index in [9.17, 15) is 19.2 Å². The van der Waals surface area contributed by atoms with Gasteiger partial charge in [0.1, 0.15) is 9.60 Å². The molecule has 0 atom stereocenters. The van der Waals surface area contributed by atoms with Crippen molar-refractivity contribution in [3.8, 4) is 0 Å². The highest BCUT2D eigenvalue weighted by Crippen LogP contribution is 2.70. The number of fused-ring (bicyclic) bond motifs is 4. The van der Waals surface area contributed by atoms with Crippen LogP contribution in [0.4, 0.5) is 0 Å². The van der Waals surface area contributed by atoms with Crippen molar-refractivity contribution >= 4 is 89.3 Å². The van der Waals surface area contributed by atoms with Crippen molar-refractivity contribution in [3.63, 3.8) is 0 Å². The number of hydrogen-bond donors (Lipinski definition) is 0. The highest BCUT2D eigenvalue weighted by molar-refractivity contribution is 8.25. The minimum Gasteiger partial charge on any atom is -0.337 e. The van der Waals surface area contributed by atoms with Crippen molar-refractivity contribution < 1.29 is 19.2 Å². The van der Waals surface area contributed by atoms with Crippen molar-refractivity contribution in [2.24, 2.45) is 0 Å². The molecular weight excluding hydrogens is 735 g/mol. The van der Waals surface area contributed by atoms with Crippen LogP contribution in [0.2, 0.25) is 0 Å². The lowest BCUT2D eigenvalue weighted by Crippen LogP contribution is -2.33. The zero-order chi connectivity index (χ0) is 35.3. The van der Waals surface area contributed by atoms with E-state index >= 15 is 4.79 Å². The Balaban J connectivity index is 1.46. The molecular formula is C40H25NO5S5. The summed E-state index contributed by atoms with van der Waals surface area (Å²) in [6.45, 7) is 2.31. The fourth-order valence-electron chi connectivity index (χ4n) is 6.34. The molecule has 0 unspecified atom stereocenters. The molecule has 4 heterocycles. The number of carbonyl (C=O) groups is 4. The molecule has 0 aliphatic carbocycles. The van der Waals surface area contributed by atoms with Crippen molar-refractivity contribution in [2.75, 3.05) is 0 Å². The minimum absolute atomic E-state index is 0.129. The maximum atomic E-state index is 15.1. The molecule has 4 aromatic carbocycles. The lowest BCUT2D eigenvalue weighted by molar-refractivity contribution is 0.100. The summed E-state index contributed by atoms with van der Waals surface area (Å²) in [6.07, 6.45) is 0. The molecule has 0 saturated carbocycles. The summed E-state index contributed by atoms with van der Waals surface area (Å²) >= 11 is 3.44. The third kappa shape index (κ3) is 5.55. The molecule has 0 fully saturated rings. The van der Waals surface area contributed by atoms with Gasteiger partial charge in [0.05, 0.1) is 35.6 Å². The fraction of sp³-hybridized carbons (Fsp3) is 0.0750. The third-order valence-corrected chi connectivity index (χ3v) is 15.4. The molecule has 6 aromatic rings. The maximum absolute atomic E-state index is 15.1. The number of Topliss-reactive ketones (excluding diaryl/α,β-unsaturated/α-hetero) is 4. The number of aromatic nitrogens is 1. The first-order chi connectivity index (χ1) is 24.8. The van der Waals surface area contributed by atoms with Gasteiger partial charge in [-0.05, 0) is 17.3 Å². The SMILES string of the molecule is CCn1c2c(c3ssc(=O)c31)SC(C(=O)c1ccccc1)=C(C(=O)c1ccccc1)C21SC(C(=O)c2ccccc2)=C(C(=O)c2ccccc2)S1. The van der Waals surface area contributed by atoms with Gasteiger partial charge in [0.2, 0.25) is 11.6 Å². The Kier molecular flexibility index (Phi) is 8.93. The highest BCUT2D eigenvalue weighted by atomic mass is 32.9. The number of thioether (sulfide) groups is 3. The lowest BCUT2D eigenvalue weighted by atomic mass is 9.95. The van der Waals surface area contributed by atoms with E-state index in [1.165, 1.54) is 22.1 Å². The van der Waals surface area contributed by atoms with Crippen molar-refractivity contribution in [2.45, 2.75) is 22.4 Å². The third-order valence-electron chi connectivity index (χ3n) is 8.65. The maximum Gasteiger partial charge on any atom is 0.267 e. The monoisotopic (exact) mass is 759 g/mol. The molecule has 0 radical (unpaired) electrons. The molecule has 1 spiro atoms. The van der Waals surface area contributed by atoms with Gasteiger partial charge < -0.3 is 4.57 Å². The second-order valence-electron chi connectivity index (χ2n) is 11.6. The molecule has 0 N–H and O–H groups in total. The average Bonchev–Trinajstić information content (AvgIpc) is 3.87. The van der Waals surface area contributed by atoms with E-state index in [0.29, 0.717) is 44.9 Å². The topological polar surface area (TPSA) is 90.3 Å². The molecule has 2 aliphatic rings. The van der Waals surface area contributed by atoms with Crippen LogP contribution in [0, 0.1) is 0 Å². The summed E-state index contributed by atoms with van der Waals surface area (Å²) in [6, 6.07) is 35.0. The molecule has 8 rings (SSSR count). The Morgan fingerprint density at radius 2 is 0.980 bits per heavy atom. The van der Waals surface area contributed by atoms with Crippen LogP contribution in [0.15, 0.2) is 151 Å². The first kappa shape index (κ1) is 33.6. The van der Waals surface area contributed by atoms with Gasteiger partial charge in [-0.15, -0.1) is 0 Å². The van der Waals surface area contributed by atoms with E-state index < -0.39 is 9.86 Å². The van der Waals surface area contributed by atoms with Crippen molar-refractivity contribution in [1.82, 2.24) is 4.57 Å². The number of carbonyl (C=O) groups excluding carboxylic acids is 4. The van der Waals surface area contributed by atoms with Crippen LogP contribution in [0.1, 0.15) is 54.0 Å². The van der Waals surface area contributed by atoms with Gasteiger partial charge in [-0.1, -0.05) is 167 Å². The standard InChI is InChI=1S/C40H25NO5S5/c1-2-41-28-34(50-51-39(28)46)37-38(41)40(27(29(42)23-15-7-3-8-16-23)33(47-37)30(43)24-17-9-4-10-18-24)48-35(31(44)25-19-11-5-12-20-25)36(49-40)32(45)26-21-13-6-14-22-26/h3-22H,2H2,1H3. The van der Waals surface area contributed by atoms with Gasteiger partial charge in [0.15, 0.2) is 11.6 Å². The Labute approximate surface area is 312 Å². The van der Waals surface area contributed by atoms with E-state index in [0.717, 1.165) is 38.6 Å². The largest absolute Gasteiger partial charge is 0.337 e. The first-order valence-electron chi connectivity index (χ1n) is 15.9. The van der Waals surface area contributed by atoms with Gasteiger partial charge >= 0.3 is 0 Å². The van der Waals surface area contributed by atoms with Crippen molar-refractivity contribution in [3.05, 3.63) is 179 Å². The van der Waals surface area contributed by atoms with Gasteiger partial charge in [-0.3, -0.25) is 24.0 Å². The molecule has 0 saturated heterocycles. The number of benzene rings is 4. The zero-order valence-corrected chi connectivity index (χ0v) is 30.9. The molecule has 2 aliphatic heterocycles. The normalized spacial score (nSPS) is 15.0.